The van der Waals surface area contributed by atoms with Crippen LogP contribution in [0.25, 0.3) is 10.9 Å². The van der Waals surface area contributed by atoms with E-state index in [1.807, 2.05) is 98.9 Å². The lowest BCUT2D eigenvalue weighted by molar-refractivity contribution is -0.143. The van der Waals surface area contributed by atoms with Crippen LogP contribution in [0.3, 0.4) is 0 Å². The Hall–Kier alpha value is -4.76. The minimum absolute atomic E-state index is 0.138. The quantitative estimate of drug-likeness (QED) is 0.306. The predicted octanol–water partition coefficient (Wildman–Crippen LogP) is 3.59. The number of imide groups is 1. The van der Waals surface area contributed by atoms with Crippen molar-refractivity contribution in [3.63, 3.8) is 0 Å². The van der Waals surface area contributed by atoms with E-state index in [4.69, 9.17) is 0 Å². The lowest BCUT2D eigenvalue weighted by Gasteiger charge is -2.31. The van der Waals surface area contributed by atoms with Crippen LogP contribution in [-0.2, 0) is 37.7 Å². The molecule has 3 aromatic carbocycles. The molecule has 7 rings (SSSR count). The number of carbonyl (C=O) groups is 4. The van der Waals surface area contributed by atoms with Gasteiger partial charge in [0.1, 0.15) is 12.1 Å². The Bertz CT molecular complexity index is 1780. The summed E-state index contributed by atoms with van der Waals surface area (Å²) in [5.74, 6) is -2.87. The van der Waals surface area contributed by atoms with E-state index < -0.39 is 23.4 Å². The Morgan fingerprint density at radius 2 is 1.57 bits per heavy atom. The predicted molar refractivity (Wildman–Crippen MR) is 166 cm³/mol. The molecule has 224 valence electrons. The van der Waals surface area contributed by atoms with Gasteiger partial charge in [0.25, 0.3) is 5.91 Å². The zero-order valence-corrected chi connectivity index (χ0v) is 24.8. The van der Waals surface area contributed by atoms with Crippen LogP contribution in [-0.4, -0.2) is 64.1 Å². The number of nitrogens with zero attached hydrogens (tertiary/aromatic N) is 3. The second-order valence-corrected chi connectivity index (χ2v) is 11.8. The first-order valence-electron chi connectivity index (χ1n) is 15.3. The fraction of sp³-hybridized carbons (Fsp3) is 0.314. The van der Waals surface area contributed by atoms with Gasteiger partial charge in [0, 0.05) is 47.5 Å². The summed E-state index contributed by atoms with van der Waals surface area (Å²) in [6.45, 7) is 4.88. The number of para-hydroxylation sites is 2. The average Bonchev–Trinajstić information content (AvgIpc) is 3.74. The first kappa shape index (κ1) is 28.0. The standard InChI is InChI=1S/C35H35N5O4/c1-3-38(4-2)29(41)21-39-28-17-11-9-15-25(28)35(34(39)44)31-30(32(42)40(33(31)43)20-22-12-6-5-7-13-22)27(37-35)18-23-19-36-26-16-10-8-14-24(23)26/h5-17,19,27,30-31,36-37H,3-4,18,20-21H2,1-2H3/t27-,30-,31+,35+/m1/s1. The number of benzene rings is 3. The van der Waals surface area contributed by atoms with Crippen molar-refractivity contribution < 1.29 is 19.2 Å². The van der Waals surface area contributed by atoms with E-state index in [0.717, 1.165) is 22.0 Å². The number of anilines is 1. The summed E-state index contributed by atoms with van der Waals surface area (Å²) in [6.07, 6.45) is 2.38. The van der Waals surface area contributed by atoms with E-state index in [9.17, 15) is 19.2 Å². The van der Waals surface area contributed by atoms with Crippen LogP contribution in [0.4, 0.5) is 5.69 Å². The number of likely N-dealkylation sites (tertiary alicyclic amines) is 1. The first-order valence-corrected chi connectivity index (χ1v) is 15.3. The molecule has 44 heavy (non-hydrogen) atoms. The molecule has 4 atom stereocenters. The molecule has 9 heteroatoms. The number of amides is 4. The molecule has 4 aromatic rings. The maximum atomic E-state index is 14.7. The van der Waals surface area contributed by atoms with E-state index in [-0.39, 0.29) is 36.7 Å². The Kier molecular flexibility index (Phi) is 6.85. The minimum Gasteiger partial charge on any atom is -0.361 e. The van der Waals surface area contributed by atoms with Gasteiger partial charge in [-0.1, -0.05) is 66.7 Å². The van der Waals surface area contributed by atoms with Gasteiger partial charge >= 0.3 is 0 Å². The maximum absolute atomic E-state index is 14.7. The maximum Gasteiger partial charge on any atom is 0.253 e. The van der Waals surface area contributed by atoms with E-state index in [1.165, 1.54) is 9.80 Å². The Morgan fingerprint density at radius 3 is 2.34 bits per heavy atom. The second kappa shape index (κ2) is 10.7. The number of nitrogens with one attached hydrogen (secondary N) is 2. The second-order valence-electron chi connectivity index (χ2n) is 11.8. The smallest absolute Gasteiger partial charge is 0.253 e. The molecule has 1 spiro atoms. The number of H-pyrrole nitrogens is 1. The van der Waals surface area contributed by atoms with Crippen molar-refractivity contribution >= 4 is 40.2 Å². The number of hydrogen-bond acceptors (Lipinski definition) is 5. The third-order valence-corrected chi connectivity index (χ3v) is 9.67. The third kappa shape index (κ3) is 4.10. The average molecular weight is 590 g/mol. The summed E-state index contributed by atoms with van der Waals surface area (Å²) in [5, 5.41) is 4.62. The largest absolute Gasteiger partial charge is 0.361 e. The van der Waals surface area contributed by atoms with E-state index in [0.29, 0.717) is 30.8 Å². The number of rotatable bonds is 8. The Balaban J connectivity index is 1.33. The molecule has 4 amide bonds. The van der Waals surface area contributed by atoms with E-state index in [1.54, 1.807) is 4.90 Å². The van der Waals surface area contributed by atoms with E-state index in [2.05, 4.69) is 10.3 Å². The van der Waals surface area contributed by atoms with Gasteiger partial charge < -0.3 is 14.8 Å². The molecule has 0 unspecified atom stereocenters. The van der Waals surface area contributed by atoms with Crippen LogP contribution >= 0.6 is 0 Å². The minimum atomic E-state index is -1.47. The summed E-state index contributed by atoms with van der Waals surface area (Å²) in [7, 11) is 0. The molecule has 3 aliphatic heterocycles. The molecular weight excluding hydrogens is 554 g/mol. The van der Waals surface area contributed by atoms with Gasteiger partial charge in [-0.15, -0.1) is 0 Å². The third-order valence-electron chi connectivity index (χ3n) is 9.67. The van der Waals surface area contributed by atoms with Crippen molar-refractivity contribution in [2.45, 2.75) is 38.4 Å². The summed E-state index contributed by atoms with van der Waals surface area (Å²) in [4.78, 5) is 64.6. The van der Waals surface area contributed by atoms with Gasteiger partial charge in [-0.05, 0) is 43.5 Å². The number of likely N-dealkylation sites (N-methyl/N-ethyl adjacent to an activating group) is 1. The van der Waals surface area contributed by atoms with Gasteiger partial charge in [0.2, 0.25) is 17.7 Å². The van der Waals surface area contributed by atoms with Crippen molar-refractivity contribution in [1.29, 1.82) is 0 Å². The fourth-order valence-electron chi connectivity index (χ4n) is 7.61. The molecule has 0 bridgehead atoms. The summed E-state index contributed by atoms with van der Waals surface area (Å²) in [6, 6.07) is 24.3. The first-order chi connectivity index (χ1) is 21.4. The molecule has 9 nitrogen and oxygen atoms in total. The van der Waals surface area contributed by atoms with Gasteiger partial charge in [-0.25, -0.2) is 0 Å². The highest BCUT2D eigenvalue weighted by Gasteiger charge is 2.71. The molecule has 0 radical (unpaired) electrons. The lowest BCUT2D eigenvalue weighted by atomic mass is 9.76. The molecule has 1 aromatic heterocycles. The van der Waals surface area contributed by atoms with Gasteiger partial charge in [-0.2, -0.15) is 0 Å². The zero-order chi connectivity index (χ0) is 30.6. The van der Waals surface area contributed by atoms with Gasteiger partial charge in [-0.3, -0.25) is 29.4 Å². The van der Waals surface area contributed by atoms with Crippen LogP contribution in [0.1, 0.15) is 30.5 Å². The van der Waals surface area contributed by atoms with Gasteiger partial charge in [0.05, 0.1) is 18.4 Å². The number of aromatic amines is 1. The van der Waals surface area contributed by atoms with E-state index >= 15 is 0 Å². The Morgan fingerprint density at radius 1 is 0.864 bits per heavy atom. The zero-order valence-electron chi connectivity index (χ0n) is 24.8. The summed E-state index contributed by atoms with van der Waals surface area (Å²) in [5.41, 5.74) is 2.58. The lowest BCUT2D eigenvalue weighted by Crippen LogP contribution is -2.56. The molecule has 4 heterocycles. The highest BCUT2D eigenvalue weighted by Crippen LogP contribution is 2.55. The topological polar surface area (TPSA) is 106 Å². The van der Waals surface area contributed by atoms with Crippen molar-refractivity contribution in [2.75, 3.05) is 24.5 Å². The summed E-state index contributed by atoms with van der Waals surface area (Å²) < 4.78 is 0. The van der Waals surface area contributed by atoms with Crippen LogP contribution < -0.4 is 10.2 Å². The molecule has 0 saturated carbocycles. The highest BCUT2D eigenvalue weighted by molar-refractivity contribution is 6.17. The van der Waals surface area contributed by atoms with Crippen LogP contribution in [0.5, 0.6) is 0 Å². The van der Waals surface area contributed by atoms with Crippen LogP contribution in [0, 0.1) is 11.8 Å². The molecule has 2 fully saturated rings. The van der Waals surface area contributed by atoms with Gasteiger partial charge in [0.15, 0.2) is 0 Å². The van der Waals surface area contributed by atoms with Crippen LogP contribution in [0.2, 0.25) is 0 Å². The normalized spacial score (nSPS) is 24.0. The molecule has 3 aliphatic rings. The fourth-order valence-corrected chi connectivity index (χ4v) is 7.61. The molecule has 2 saturated heterocycles. The van der Waals surface area contributed by atoms with Crippen molar-refractivity contribution in [2.24, 2.45) is 11.8 Å². The van der Waals surface area contributed by atoms with Crippen molar-refractivity contribution in [1.82, 2.24) is 20.1 Å². The number of aromatic nitrogens is 1. The van der Waals surface area contributed by atoms with Crippen LogP contribution in [0.15, 0.2) is 85.1 Å². The molecular formula is C35H35N5O4. The molecule has 2 N–H and O–H groups in total. The monoisotopic (exact) mass is 589 g/mol. The number of carbonyl (C=O) groups excluding carboxylic acids is 4. The molecule has 0 aliphatic carbocycles. The SMILES string of the molecule is CCN(CC)C(=O)CN1C(=O)[C@]2(N[C@H](Cc3c[nH]c4ccccc34)[C@H]3C(=O)N(Cc4ccccc4)C(=O)[C@H]32)c2ccccc21. The number of hydrogen-bond donors (Lipinski definition) is 2. The Labute approximate surface area is 255 Å². The van der Waals surface area contributed by atoms with Crippen molar-refractivity contribution in [3.05, 3.63) is 102 Å². The van der Waals surface area contributed by atoms with Crippen molar-refractivity contribution in [3.8, 4) is 0 Å². The summed E-state index contributed by atoms with van der Waals surface area (Å²) >= 11 is 0. The highest BCUT2D eigenvalue weighted by atomic mass is 16.2. The number of fused-ring (bicyclic) bond motifs is 5.